The van der Waals surface area contributed by atoms with Gasteiger partial charge in [-0.25, -0.2) is 9.59 Å². The minimum absolute atomic E-state index is 0.0507. The van der Waals surface area contributed by atoms with E-state index in [9.17, 15) is 14.7 Å². The van der Waals surface area contributed by atoms with E-state index >= 15 is 0 Å². The summed E-state index contributed by atoms with van der Waals surface area (Å²) in [4.78, 5) is 23.8. The maximum atomic E-state index is 11.9. The number of aliphatic hydroxyl groups is 1. The normalized spacial score (nSPS) is 27.6. The fourth-order valence-electron chi connectivity index (χ4n) is 2.53. The Kier molecular flexibility index (Phi) is 5.61. The molecule has 0 aliphatic heterocycles. The summed E-state index contributed by atoms with van der Waals surface area (Å²) in [5.74, 6) is -0.530. The maximum Gasteiger partial charge on any atom is 0.408 e. The van der Waals surface area contributed by atoms with Gasteiger partial charge in [0.2, 0.25) is 0 Å². The lowest BCUT2D eigenvalue weighted by Gasteiger charge is -2.36. The van der Waals surface area contributed by atoms with Crippen LogP contribution in [0.5, 0.6) is 0 Å². The van der Waals surface area contributed by atoms with Crippen molar-refractivity contribution < 1.29 is 24.2 Å². The van der Waals surface area contributed by atoms with Crippen LogP contribution < -0.4 is 5.32 Å². The molecule has 1 aliphatic rings. The van der Waals surface area contributed by atoms with Gasteiger partial charge in [-0.3, -0.25) is 0 Å². The van der Waals surface area contributed by atoms with Crippen molar-refractivity contribution in [3.05, 3.63) is 0 Å². The van der Waals surface area contributed by atoms with Gasteiger partial charge in [0.05, 0.1) is 12.7 Å². The van der Waals surface area contributed by atoms with Crippen LogP contribution in [0.1, 0.15) is 53.4 Å². The maximum absolute atomic E-state index is 11.9. The Labute approximate surface area is 126 Å². The van der Waals surface area contributed by atoms with E-state index in [4.69, 9.17) is 9.47 Å². The number of hydrogen-bond donors (Lipinski definition) is 2. The molecule has 0 radical (unpaired) electrons. The first-order valence-electron chi connectivity index (χ1n) is 7.34. The molecule has 1 saturated carbocycles. The van der Waals surface area contributed by atoms with Crippen LogP contribution in [0.3, 0.4) is 0 Å². The summed E-state index contributed by atoms with van der Waals surface area (Å²) in [6, 6.07) is -0.735. The minimum atomic E-state index is -0.735. The highest BCUT2D eigenvalue weighted by atomic mass is 16.6. The van der Waals surface area contributed by atoms with Crippen molar-refractivity contribution in [2.75, 3.05) is 7.11 Å². The number of hydrogen-bond acceptors (Lipinski definition) is 5. The summed E-state index contributed by atoms with van der Waals surface area (Å²) < 4.78 is 9.96. The number of methoxy groups -OCH3 is 1. The topological polar surface area (TPSA) is 84.9 Å². The van der Waals surface area contributed by atoms with Crippen LogP contribution in [-0.2, 0) is 14.3 Å². The zero-order chi connectivity index (χ0) is 16.3. The molecule has 0 aromatic carbocycles. The highest BCUT2D eigenvalue weighted by molar-refractivity contribution is 5.81. The number of ether oxygens (including phenoxy) is 2. The van der Waals surface area contributed by atoms with E-state index in [0.717, 1.165) is 0 Å². The number of nitrogens with one attached hydrogen (secondary N) is 1. The average Bonchev–Trinajstić information content (AvgIpc) is 2.33. The highest BCUT2D eigenvalue weighted by Crippen LogP contribution is 2.33. The fourth-order valence-corrected chi connectivity index (χ4v) is 2.53. The standard InChI is InChI=1S/C15H27NO5/c1-14(2,3)21-13(18)16-11(12(17)20-5)10-6-8-15(4,19)9-7-10/h10-11,19H,6-9H2,1-5H3,(H,16,18)/t10-,11-,15-/m0/s1. The molecule has 0 aromatic rings. The molecule has 6 heteroatoms. The first kappa shape index (κ1) is 17.8. The molecule has 1 atom stereocenters. The van der Waals surface area contributed by atoms with Crippen molar-refractivity contribution in [2.24, 2.45) is 5.92 Å². The van der Waals surface area contributed by atoms with Gasteiger partial charge in [0.25, 0.3) is 0 Å². The monoisotopic (exact) mass is 301 g/mol. The molecule has 1 rings (SSSR count). The average molecular weight is 301 g/mol. The molecule has 6 nitrogen and oxygen atoms in total. The molecule has 0 heterocycles. The second kappa shape index (κ2) is 6.64. The summed E-state index contributed by atoms with van der Waals surface area (Å²) in [6.45, 7) is 7.07. The van der Waals surface area contributed by atoms with Crippen LogP contribution in [0.25, 0.3) is 0 Å². The largest absolute Gasteiger partial charge is 0.467 e. The van der Waals surface area contributed by atoms with E-state index in [2.05, 4.69) is 5.32 Å². The SMILES string of the molecule is COC(=O)[C@@H](NC(=O)OC(C)(C)C)[C@H]1CC[C@](C)(O)CC1. The minimum Gasteiger partial charge on any atom is -0.467 e. The molecule has 1 amide bonds. The number of carbonyl (C=O) groups is 2. The smallest absolute Gasteiger partial charge is 0.408 e. The number of amides is 1. The molecule has 122 valence electrons. The number of carbonyl (C=O) groups excluding carboxylic acids is 2. The van der Waals surface area contributed by atoms with Gasteiger partial charge in [0.1, 0.15) is 11.6 Å². The van der Waals surface area contributed by atoms with Crippen LogP contribution in [0.15, 0.2) is 0 Å². The molecule has 1 fully saturated rings. The molecule has 2 N–H and O–H groups in total. The molecule has 0 saturated heterocycles. The predicted molar refractivity (Wildman–Crippen MR) is 77.8 cm³/mol. The second-order valence-corrected chi connectivity index (χ2v) is 6.98. The molecular weight excluding hydrogens is 274 g/mol. The van der Waals surface area contributed by atoms with Crippen LogP contribution in [-0.4, -0.2) is 41.5 Å². The number of esters is 1. The van der Waals surface area contributed by atoms with Gasteiger partial charge in [-0.15, -0.1) is 0 Å². The lowest BCUT2D eigenvalue weighted by Crippen LogP contribution is -2.50. The van der Waals surface area contributed by atoms with Crippen molar-refractivity contribution in [3.8, 4) is 0 Å². The third-order valence-electron chi connectivity index (χ3n) is 3.71. The third-order valence-corrected chi connectivity index (χ3v) is 3.71. The quantitative estimate of drug-likeness (QED) is 0.779. The van der Waals surface area contributed by atoms with E-state index in [-0.39, 0.29) is 5.92 Å². The van der Waals surface area contributed by atoms with E-state index in [1.807, 2.05) is 0 Å². The predicted octanol–water partition coefficient (Wildman–Crippen LogP) is 1.99. The van der Waals surface area contributed by atoms with E-state index in [0.29, 0.717) is 25.7 Å². The Morgan fingerprint density at radius 1 is 1.29 bits per heavy atom. The van der Waals surface area contributed by atoms with Gasteiger partial charge in [0.15, 0.2) is 0 Å². The zero-order valence-corrected chi connectivity index (χ0v) is 13.6. The van der Waals surface area contributed by atoms with E-state index in [1.165, 1.54) is 7.11 Å². The Morgan fingerprint density at radius 3 is 2.24 bits per heavy atom. The second-order valence-electron chi connectivity index (χ2n) is 6.98. The van der Waals surface area contributed by atoms with Gasteiger partial charge in [-0.05, 0) is 59.3 Å². The molecule has 0 bridgehead atoms. The summed E-state index contributed by atoms with van der Waals surface area (Å²) in [7, 11) is 1.30. The molecule has 1 aliphatic carbocycles. The molecular formula is C15H27NO5. The van der Waals surface area contributed by atoms with Gasteiger partial charge < -0.3 is 19.9 Å². The lowest BCUT2D eigenvalue weighted by molar-refractivity contribution is -0.145. The fraction of sp³-hybridized carbons (Fsp3) is 0.867. The van der Waals surface area contributed by atoms with Crippen LogP contribution in [0.2, 0.25) is 0 Å². The first-order valence-corrected chi connectivity index (χ1v) is 7.34. The van der Waals surface area contributed by atoms with Gasteiger partial charge in [-0.1, -0.05) is 0 Å². The van der Waals surface area contributed by atoms with Crippen molar-refractivity contribution in [1.82, 2.24) is 5.32 Å². The van der Waals surface area contributed by atoms with Gasteiger partial charge >= 0.3 is 12.1 Å². The summed E-state index contributed by atoms with van der Waals surface area (Å²) in [5.41, 5.74) is -1.32. The van der Waals surface area contributed by atoms with Crippen molar-refractivity contribution in [3.63, 3.8) is 0 Å². The zero-order valence-electron chi connectivity index (χ0n) is 13.6. The molecule has 21 heavy (non-hydrogen) atoms. The third kappa shape index (κ3) is 5.91. The molecule has 0 unspecified atom stereocenters. The number of rotatable bonds is 3. The van der Waals surface area contributed by atoms with Gasteiger partial charge in [0, 0.05) is 0 Å². The summed E-state index contributed by atoms with van der Waals surface area (Å²) in [6.07, 6.45) is 1.88. The highest BCUT2D eigenvalue weighted by Gasteiger charge is 2.37. The Morgan fingerprint density at radius 2 is 1.81 bits per heavy atom. The Hall–Kier alpha value is -1.30. The lowest BCUT2D eigenvalue weighted by atomic mass is 9.77. The van der Waals surface area contributed by atoms with E-state index < -0.39 is 29.3 Å². The Balaban J connectivity index is 2.69. The van der Waals surface area contributed by atoms with E-state index in [1.54, 1.807) is 27.7 Å². The molecule has 0 spiro atoms. The van der Waals surface area contributed by atoms with Crippen molar-refractivity contribution in [2.45, 2.75) is 70.6 Å². The number of alkyl carbamates (subject to hydrolysis) is 1. The van der Waals surface area contributed by atoms with Crippen molar-refractivity contribution in [1.29, 1.82) is 0 Å². The van der Waals surface area contributed by atoms with Crippen LogP contribution >= 0.6 is 0 Å². The van der Waals surface area contributed by atoms with Crippen molar-refractivity contribution >= 4 is 12.1 Å². The first-order chi connectivity index (χ1) is 9.54. The Bertz CT molecular complexity index is 376. The van der Waals surface area contributed by atoms with Crippen LogP contribution in [0.4, 0.5) is 4.79 Å². The van der Waals surface area contributed by atoms with Gasteiger partial charge in [-0.2, -0.15) is 0 Å². The summed E-state index contributed by atoms with van der Waals surface area (Å²) in [5, 5.41) is 12.6. The summed E-state index contributed by atoms with van der Waals surface area (Å²) >= 11 is 0. The van der Waals surface area contributed by atoms with Crippen LogP contribution in [0, 0.1) is 5.92 Å². The molecule has 0 aromatic heterocycles.